The molecule has 0 aliphatic rings. The Bertz CT molecular complexity index is 1370. The highest BCUT2D eigenvalue weighted by molar-refractivity contribution is 7.47. The van der Waals surface area contributed by atoms with Crippen LogP contribution >= 0.6 is 15.6 Å². The number of carbonyl (C=O) groups excluding carboxylic acids is 4. The van der Waals surface area contributed by atoms with Crippen LogP contribution in [0.1, 0.15) is 240 Å². The van der Waals surface area contributed by atoms with Gasteiger partial charge < -0.3 is 33.8 Å². The van der Waals surface area contributed by atoms with E-state index in [4.69, 9.17) is 37.0 Å². The zero-order valence-electron chi connectivity index (χ0n) is 43.3. The first-order chi connectivity index (χ1) is 33.2. The first kappa shape index (κ1) is 67.1. The van der Waals surface area contributed by atoms with Crippen LogP contribution in [-0.2, 0) is 65.4 Å². The van der Waals surface area contributed by atoms with Crippen LogP contribution < -0.4 is 0 Å². The van der Waals surface area contributed by atoms with E-state index in [-0.39, 0.29) is 25.7 Å². The van der Waals surface area contributed by atoms with E-state index in [0.29, 0.717) is 25.7 Å². The molecule has 17 nitrogen and oxygen atoms in total. The van der Waals surface area contributed by atoms with Crippen LogP contribution in [0, 0.1) is 0 Å². The predicted octanol–water partition coefficient (Wildman–Crippen LogP) is 12.5. The van der Waals surface area contributed by atoms with Crippen LogP contribution in [0.5, 0.6) is 0 Å². The fraction of sp³-hybridized carbons (Fsp3) is 0.920. The van der Waals surface area contributed by atoms with Gasteiger partial charge in [0.15, 0.2) is 12.2 Å². The first-order valence-electron chi connectivity index (χ1n) is 26.8. The fourth-order valence-corrected chi connectivity index (χ4v) is 8.74. The molecule has 0 amide bonds. The van der Waals surface area contributed by atoms with E-state index in [1.807, 2.05) is 0 Å². The van der Waals surface area contributed by atoms with Gasteiger partial charge in [0.05, 0.1) is 26.4 Å². The Kier molecular flexibility index (Phi) is 44.6. The molecule has 0 spiro atoms. The lowest BCUT2D eigenvalue weighted by Crippen LogP contribution is -2.30. The number of ether oxygens (including phenoxy) is 4. The number of phosphoric acid groups is 2. The van der Waals surface area contributed by atoms with Crippen molar-refractivity contribution in [2.45, 2.75) is 258 Å². The number of aliphatic hydroxyl groups is 1. The number of aliphatic hydroxyl groups excluding tert-OH is 1. The molecule has 5 atom stereocenters. The monoisotopic (exact) mass is 1030 g/mol. The van der Waals surface area contributed by atoms with Gasteiger partial charge in [-0.3, -0.25) is 37.3 Å². The largest absolute Gasteiger partial charge is 0.472 e. The van der Waals surface area contributed by atoms with Crippen molar-refractivity contribution in [3.63, 3.8) is 0 Å². The van der Waals surface area contributed by atoms with Crippen molar-refractivity contribution in [2.75, 3.05) is 39.6 Å². The molecule has 408 valence electrons. The van der Waals surface area contributed by atoms with E-state index in [2.05, 4.69) is 27.7 Å². The number of hydrogen-bond donors (Lipinski definition) is 3. The molecule has 0 aromatic heterocycles. The minimum Gasteiger partial charge on any atom is -0.462 e. The van der Waals surface area contributed by atoms with Crippen molar-refractivity contribution < 1.29 is 80.2 Å². The van der Waals surface area contributed by atoms with Gasteiger partial charge in [-0.05, 0) is 25.7 Å². The number of carbonyl (C=O) groups is 4. The molecule has 0 fully saturated rings. The third kappa shape index (κ3) is 45.7. The maximum absolute atomic E-state index is 12.8. The topological polar surface area (TPSA) is 237 Å². The summed E-state index contributed by atoms with van der Waals surface area (Å²) >= 11 is 0. The third-order valence-corrected chi connectivity index (χ3v) is 13.3. The molecule has 0 aliphatic carbocycles. The van der Waals surface area contributed by atoms with Crippen molar-refractivity contribution in [2.24, 2.45) is 0 Å². The molecule has 69 heavy (non-hydrogen) atoms. The Morgan fingerprint density at radius 2 is 0.580 bits per heavy atom. The van der Waals surface area contributed by atoms with Crippen molar-refractivity contribution >= 4 is 39.5 Å². The van der Waals surface area contributed by atoms with Gasteiger partial charge in [-0.15, -0.1) is 0 Å². The molecule has 3 N–H and O–H groups in total. The highest BCUT2D eigenvalue weighted by Gasteiger charge is 2.30. The molecule has 0 saturated carbocycles. The van der Waals surface area contributed by atoms with Gasteiger partial charge >= 0.3 is 39.5 Å². The lowest BCUT2D eigenvalue weighted by Gasteiger charge is -2.21. The van der Waals surface area contributed by atoms with E-state index >= 15 is 0 Å². The van der Waals surface area contributed by atoms with E-state index in [9.17, 15) is 43.2 Å². The summed E-state index contributed by atoms with van der Waals surface area (Å²) in [5.41, 5.74) is 0. The second-order valence-electron chi connectivity index (χ2n) is 18.2. The Hall–Kier alpha value is -1.94. The smallest absolute Gasteiger partial charge is 0.462 e. The SMILES string of the molecule is CCCCCCCCCCCCCCCCC(=O)O[C@H](COC(=O)CCCCCCC)COP(=O)(O)OC[C@@H](O)COP(=O)(O)OC[C@@H](COC(=O)CCCCCCC)OC(=O)CCCCCCC. The Labute approximate surface area is 416 Å². The Morgan fingerprint density at radius 1 is 0.348 bits per heavy atom. The van der Waals surface area contributed by atoms with Gasteiger partial charge in [-0.2, -0.15) is 0 Å². The average molecular weight is 1030 g/mol. The normalized spacial score (nSPS) is 14.6. The molecular weight excluding hydrogens is 934 g/mol. The van der Waals surface area contributed by atoms with E-state index in [0.717, 1.165) is 103 Å². The molecule has 0 rings (SSSR count). The zero-order valence-corrected chi connectivity index (χ0v) is 45.0. The third-order valence-electron chi connectivity index (χ3n) is 11.4. The predicted molar refractivity (Wildman–Crippen MR) is 266 cm³/mol. The van der Waals surface area contributed by atoms with Crippen LogP contribution in [-0.4, -0.2) is 96.7 Å². The zero-order chi connectivity index (χ0) is 51.3. The number of esters is 4. The molecule has 0 bridgehead atoms. The van der Waals surface area contributed by atoms with Gasteiger partial charge in [0.25, 0.3) is 0 Å². The molecule has 0 radical (unpaired) electrons. The summed E-state index contributed by atoms with van der Waals surface area (Å²) in [7, 11) is -9.83. The quantitative estimate of drug-likeness (QED) is 0.0222. The van der Waals surface area contributed by atoms with Gasteiger partial charge in [0.1, 0.15) is 19.3 Å². The van der Waals surface area contributed by atoms with Crippen LogP contribution in [0.3, 0.4) is 0 Å². The molecule has 0 aromatic carbocycles. The minimum absolute atomic E-state index is 0.0988. The standard InChI is InChI=1S/C50H96O17P2/c1-5-9-13-17-18-19-20-21-22-23-24-25-29-33-37-50(55)67-46(41-61-48(53)35-31-27-15-11-7-3)43-65-69(58,59)63-39-44(51)38-62-68(56,57)64-42-45(66-49(54)36-32-28-16-12-8-4)40-60-47(52)34-30-26-14-10-6-2/h44-46,51H,5-43H2,1-4H3,(H,56,57)(H,58,59)/t44-,45+,46+/m0/s1. The summed E-state index contributed by atoms with van der Waals surface area (Å²) in [6.45, 7) is 4.52. The van der Waals surface area contributed by atoms with Crippen LogP contribution in [0.2, 0.25) is 0 Å². The summed E-state index contributed by atoms with van der Waals surface area (Å²) in [6.07, 6.45) is 26.3. The van der Waals surface area contributed by atoms with Crippen molar-refractivity contribution in [1.82, 2.24) is 0 Å². The van der Waals surface area contributed by atoms with Crippen LogP contribution in [0.15, 0.2) is 0 Å². The summed E-state index contributed by atoms with van der Waals surface area (Å²) in [4.78, 5) is 70.8. The molecule has 2 unspecified atom stereocenters. The lowest BCUT2D eigenvalue weighted by atomic mass is 10.0. The number of rotatable bonds is 51. The molecule has 19 heteroatoms. The maximum atomic E-state index is 12.8. The number of phosphoric ester groups is 2. The highest BCUT2D eigenvalue weighted by Crippen LogP contribution is 2.45. The van der Waals surface area contributed by atoms with Crippen LogP contribution in [0.25, 0.3) is 0 Å². The summed E-state index contributed by atoms with van der Waals surface area (Å²) in [5.74, 6) is -2.19. The van der Waals surface area contributed by atoms with E-state index in [1.54, 1.807) is 0 Å². The lowest BCUT2D eigenvalue weighted by molar-refractivity contribution is -0.161. The summed E-state index contributed by atoms with van der Waals surface area (Å²) in [6, 6.07) is 0. The number of hydrogen-bond acceptors (Lipinski definition) is 15. The molecule has 0 aliphatic heterocycles. The van der Waals surface area contributed by atoms with Crippen molar-refractivity contribution in [1.29, 1.82) is 0 Å². The van der Waals surface area contributed by atoms with Gasteiger partial charge in [0.2, 0.25) is 0 Å². The molecule has 0 heterocycles. The van der Waals surface area contributed by atoms with E-state index in [1.165, 1.54) is 57.8 Å². The first-order valence-corrected chi connectivity index (χ1v) is 29.8. The maximum Gasteiger partial charge on any atom is 0.472 e. The van der Waals surface area contributed by atoms with Gasteiger partial charge in [-0.25, -0.2) is 9.13 Å². The summed E-state index contributed by atoms with van der Waals surface area (Å²) in [5, 5.41) is 10.4. The summed E-state index contributed by atoms with van der Waals surface area (Å²) < 4.78 is 66.8. The van der Waals surface area contributed by atoms with Gasteiger partial charge in [0, 0.05) is 25.7 Å². The van der Waals surface area contributed by atoms with Crippen molar-refractivity contribution in [3.05, 3.63) is 0 Å². The second kappa shape index (κ2) is 45.9. The molecule has 0 aromatic rings. The minimum atomic E-state index is -4.92. The Balaban J connectivity index is 5.05. The van der Waals surface area contributed by atoms with Gasteiger partial charge in [-0.1, -0.05) is 188 Å². The number of unbranched alkanes of at least 4 members (excludes halogenated alkanes) is 25. The molecule has 0 saturated heterocycles. The second-order valence-corrected chi connectivity index (χ2v) is 21.1. The average Bonchev–Trinajstić information content (AvgIpc) is 3.31. The van der Waals surface area contributed by atoms with Crippen LogP contribution in [0.4, 0.5) is 0 Å². The fourth-order valence-electron chi connectivity index (χ4n) is 7.16. The van der Waals surface area contributed by atoms with E-state index < -0.39 is 97.5 Å². The molecular formula is C50H96O17P2. The van der Waals surface area contributed by atoms with Crippen molar-refractivity contribution in [3.8, 4) is 0 Å². The Morgan fingerprint density at radius 3 is 0.855 bits per heavy atom. The highest BCUT2D eigenvalue weighted by atomic mass is 31.2.